The van der Waals surface area contributed by atoms with E-state index >= 15 is 0 Å². The molecule has 1 aromatic carbocycles. The third kappa shape index (κ3) is 5.40. The number of ether oxygens (including phenoxy) is 3. The predicted octanol–water partition coefficient (Wildman–Crippen LogP) is 2.90. The van der Waals surface area contributed by atoms with Gasteiger partial charge >= 0.3 is 0 Å². The van der Waals surface area contributed by atoms with E-state index in [0.717, 1.165) is 5.56 Å². The van der Waals surface area contributed by atoms with Crippen LogP contribution in [0.2, 0.25) is 0 Å². The van der Waals surface area contributed by atoms with Crippen LogP contribution in [-0.2, 0) is 20.8 Å². The molecule has 0 radical (unpaired) electrons. The van der Waals surface area contributed by atoms with Gasteiger partial charge in [-0.1, -0.05) is 37.3 Å². The van der Waals surface area contributed by atoms with E-state index in [1.165, 1.54) is 0 Å². The lowest BCUT2D eigenvalue weighted by Crippen LogP contribution is -2.29. The van der Waals surface area contributed by atoms with Gasteiger partial charge in [0.15, 0.2) is 6.29 Å². The van der Waals surface area contributed by atoms with Crippen LogP contribution in [0.3, 0.4) is 0 Å². The lowest BCUT2D eigenvalue weighted by molar-refractivity contribution is -0.131. The van der Waals surface area contributed by atoms with Crippen molar-refractivity contribution in [3.63, 3.8) is 0 Å². The lowest BCUT2D eigenvalue weighted by atomic mass is 10.2. The number of hydrogen-bond donors (Lipinski definition) is 1. The molecule has 0 aromatic heterocycles. The van der Waals surface area contributed by atoms with E-state index in [9.17, 15) is 0 Å². The SMILES string of the molecule is COC(C[C@@H](OCc1ccccc1)[C@@H](C)S)OC. The Morgan fingerprint density at radius 3 is 2.22 bits per heavy atom. The second kappa shape index (κ2) is 8.53. The normalized spacial score (nSPS) is 14.7. The molecule has 0 fully saturated rings. The lowest BCUT2D eigenvalue weighted by Gasteiger charge is -2.24. The Labute approximate surface area is 115 Å². The van der Waals surface area contributed by atoms with Crippen LogP contribution in [0.4, 0.5) is 0 Å². The van der Waals surface area contributed by atoms with Crippen molar-refractivity contribution in [2.45, 2.75) is 37.6 Å². The van der Waals surface area contributed by atoms with E-state index in [1.54, 1.807) is 14.2 Å². The van der Waals surface area contributed by atoms with Crippen molar-refractivity contribution in [1.29, 1.82) is 0 Å². The molecular weight excluding hydrogens is 248 g/mol. The fourth-order valence-corrected chi connectivity index (χ4v) is 1.87. The predicted molar refractivity (Wildman–Crippen MR) is 75.9 cm³/mol. The standard InChI is InChI=1S/C14H22O3S/c1-11(18)13(9-14(15-2)16-3)17-10-12-7-5-4-6-8-12/h4-8,11,13-14,18H,9-10H2,1-3H3/t11-,13-/m1/s1. The Hall–Kier alpha value is -0.550. The Bertz CT molecular complexity index is 312. The van der Waals surface area contributed by atoms with Gasteiger partial charge in [0.2, 0.25) is 0 Å². The maximum atomic E-state index is 5.89. The molecule has 1 aromatic rings. The van der Waals surface area contributed by atoms with Crippen LogP contribution in [0.5, 0.6) is 0 Å². The minimum atomic E-state index is -0.250. The molecule has 0 unspecified atom stereocenters. The fourth-order valence-electron chi connectivity index (χ4n) is 1.66. The summed E-state index contributed by atoms with van der Waals surface area (Å²) >= 11 is 4.46. The maximum Gasteiger partial charge on any atom is 0.159 e. The van der Waals surface area contributed by atoms with Gasteiger partial charge in [-0.3, -0.25) is 0 Å². The average Bonchev–Trinajstić information content (AvgIpc) is 2.40. The van der Waals surface area contributed by atoms with Crippen molar-refractivity contribution in [2.75, 3.05) is 14.2 Å². The molecule has 0 saturated carbocycles. The van der Waals surface area contributed by atoms with Crippen LogP contribution in [-0.4, -0.2) is 31.9 Å². The van der Waals surface area contributed by atoms with Gasteiger partial charge in [0.1, 0.15) is 0 Å². The fraction of sp³-hybridized carbons (Fsp3) is 0.571. The van der Waals surface area contributed by atoms with Gasteiger partial charge in [-0.05, 0) is 5.56 Å². The summed E-state index contributed by atoms with van der Waals surface area (Å²) in [5, 5.41) is 0.126. The van der Waals surface area contributed by atoms with Crippen molar-refractivity contribution in [2.24, 2.45) is 0 Å². The molecule has 0 N–H and O–H groups in total. The summed E-state index contributed by atoms with van der Waals surface area (Å²) < 4.78 is 16.3. The van der Waals surface area contributed by atoms with E-state index in [2.05, 4.69) is 12.6 Å². The molecule has 3 nitrogen and oxygen atoms in total. The Kier molecular flexibility index (Phi) is 7.35. The molecule has 0 aliphatic heterocycles. The second-order valence-electron chi connectivity index (χ2n) is 4.21. The first-order chi connectivity index (χ1) is 8.67. The largest absolute Gasteiger partial charge is 0.372 e. The molecule has 0 spiro atoms. The molecule has 0 amide bonds. The molecular formula is C14H22O3S. The van der Waals surface area contributed by atoms with E-state index in [1.807, 2.05) is 37.3 Å². The molecule has 0 saturated heterocycles. The quantitative estimate of drug-likeness (QED) is 0.581. The van der Waals surface area contributed by atoms with Gasteiger partial charge in [0.05, 0.1) is 12.7 Å². The van der Waals surface area contributed by atoms with Crippen LogP contribution in [0, 0.1) is 0 Å². The average molecular weight is 270 g/mol. The zero-order valence-corrected chi connectivity index (χ0v) is 12.1. The van der Waals surface area contributed by atoms with Crippen molar-refractivity contribution in [1.82, 2.24) is 0 Å². The van der Waals surface area contributed by atoms with E-state index < -0.39 is 0 Å². The third-order valence-corrected chi connectivity index (χ3v) is 3.13. The van der Waals surface area contributed by atoms with Gasteiger partial charge < -0.3 is 14.2 Å². The molecule has 0 bridgehead atoms. The highest BCUT2D eigenvalue weighted by Crippen LogP contribution is 2.16. The van der Waals surface area contributed by atoms with Crippen molar-refractivity contribution in [3.05, 3.63) is 35.9 Å². The number of methoxy groups -OCH3 is 2. The molecule has 102 valence electrons. The molecule has 1 rings (SSSR count). The van der Waals surface area contributed by atoms with Gasteiger partial charge in [0.25, 0.3) is 0 Å². The number of hydrogen-bond acceptors (Lipinski definition) is 4. The van der Waals surface area contributed by atoms with E-state index in [-0.39, 0.29) is 17.6 Å². The third-order valence-electron chi connectivity index (χ3n) is 2.80. The first kappa shape index (κ1) is 15.5. The van der Waals surface area contributed by atoms with Gasteiger partial charge in [0, 0.05) is 25.9 Å². The summed E-state index contributed by atoms with van der Waals surface area (Å²) in [6.07, 6.45) is 0.420. The van der Waals surface area contributed by atoms with Crippen LogP contribution < -0.4 is 0 Å². The Balaban J connectivity index is 2.48. The zero-order valence-electron chi connectivity index (χ0n) is 11.2. The summed E-state index contributed by atoms with van der Waals surface area (Å²) in [4.78, 5) is 0. The molecule has 2 atom stereocenters. The van der Waals surface area contributed by atoms with Crippen LogP contribution >= 0.6 is 12.6 Å². The highest BCUT2D eigenvalue weighted by Gasteiger charge is 2.20. The Morgan fingerprint density at radius 1 is 1.11 bits per heavy atom. The Morgan fingerprint density at radius 2 is 1.72 bits per heavy atom. The van der Waals surface area contributed by atoms with Crippen molar-refractivity contribution in [3.8, 4) is 0 Å². The topological polar surface area (TPSA) is 27.7 Å². The van der Waals surface area contributed by atoms with Gasteiger partial charge in [-0.25, -0.2) is 0 Å². The van der Waals surface area contributed by atoms with Crippen LogP contribution in [0.15, 0.2) is 30.3 Å². The summed E-state index contributed by atoms with van der Waals surface area (Å²) in [6, 6.07) is 10.1. The molecule has 4 heteroatoms. The molecule has 18 heavy (non-hydrogen) atoms. The summed E-state index contributed by atoms with van der Waals surface area (Å²) in [5.74, 6) is 0. The summed E-state index contributed by atoms with van der Waals surface area (Å²) in [5.41, 5.74) is 1.16. The first-order valence-corrected chi connectivity index (χ1v) is 6.58. The molecule has 0 heterocycles. The van der Waals surface area contributed by atoms with Crippen molar-refractivity contribution < 1.29 is 14.2 Å². The maximum absolute atomic E-state index is 5.89. The zero-order chi connectivity index (χ0) is 13.4. The number of rotatable bonds is 8. The van der Waals surface area contributed by atoms with Crippen LogP contribution in [0.25, 0.3) is 0 Å². The van der Waals surface area contributed by atoms with Crippen molar-refractivity contribution >= 4 is 12.6 Å². The van der Waals surface area contributed by atoms with Gasteiger partial charge in [-0.2, -0.15) is 12.6 Å². The summed E-state index contributed by atoms with van der Waals surface area (Å²) in [7, 11) is 3.26. The minimum Gasteiger partial charge on any atom is -0.372 e. The minimum absolute atomic E-state index is 0.00144. The van der Waals surface area contributed by atoms with E-state index in [0.29, 0.717) is 13.0 Å². The molecule has 0 aliphatic rings. The summed E-state index contributed by atoms with van der Waals surface area (Å²) in [6.45, 7) is 2.59. The highest BCUT2D eigenvalue weighted by molar-refractivity contribution is 7.81. The van der Waals surface area contributed by atoms with Crippen LogP contribution in [0.1, 0.15) is 18.9 Å². The van der Waals surface area contributed by atoms with Gasteiger partial charge in [-0.15, -0.1) is 0 Å². The number of benzene rings is 1. The second-order valence-corrected chi connectivity index (χ2v) is 5.03. The number of thiol groups is 1. The highest BCUT2D eigenvalue weighted by atomic mass is 32.1. The smallest absolute Gasteiger partial charge is 0.159 e. The first-order valence-electron chi connectivity index (χ1n) is 6.06. The van der Waals surface area contributed by atoms with E-state index in [4.69, 9.17) is 14.2 Å². The molecule has 0 aliphatic carbocycles. The monoisotopic (exact) mass is 270 g/mol.